The third-order valence-corrected chi connectivity index (χ3v) is 4.04. The molecule has 0 aromatic carbocycles. The number of amides is 1. The Bertz CT molecular complexity index is 562. The third kappa shape index (κ3) is 3.66. The first-order valence-electron chi connectivity index (χ1n) is 6.75. The summed E-state index contributed by atoms with van der Waals surface area (Å²) in [4.78, 5) is 17.8. The zero-order chi connectivity index (χ0) is 14.5. The fourth-order valence-corrected chi connectivity index (χ4v) is 2.72. The van der Waals surface area contributed by atoms with Gasteiger partial charge in [-0.05, 0) is 32.8 Å². The summed E-state index contributed by atoms with van der Waals surface area (Å²) in [6.07, 6.45) is 4.09. The van der Waals surface area contributed by atoms with Gasteiger partial charge >= 0.3 is 0 Å². The Kier molecular flexibility index (Phi) is 4.89. The molecule has 108 valence electrons. The number of hydrogen-bond donors (Lipinski definition) is 0. The Morgan fingerprint density at radius 1 is 1.40 bits per heavy atom. The lowest BCUT2D eigenvalue weighted by Gasteiger charge is -2.13. The van der Waals surface area contributed by atoms with Gasteiger partial charge in [0.2, 0.25) is 5.91 Å². The summed E-state index contributed by atoms with van der Waals surface area (Å²) in [5.74, 6) is 0.119. The van der Waals surface area contributed by atoms with E-state index >= 15 is 0 Å². The first kappa shape index (κ1) is 14.7. The van der Waals surface area contributed by atoms with Crippen molar-refractivity contribution in [3.05, 3.63) is 29.0 Å². The number of unbranched alkanes of at least 4 members (excludes halogenated alkanes) is 1. The summed E-state index contributed by atoms with van der Waals surface area (Å²) in [5.41, 5.74) is 2.22. The number of rotatable bonds is 6. The molecule has 0 spiro atoms. The first-order chi connectivity index (χ1) is 9.58. The average Bonchev–Trinajstić information content (AvgIpc) is 3.03. The molecule has 0 bridgehead atoms. The monoisotopic (exact) mass is 292 g/mol. The first-order valence-corrected chi connectivity index (χ1v) is 7.63. The second kappa shape index (κ2) is 6.65. The number of hydrogen-bond acceptors (Lipinski definition) is 4. The number of carbonyl (C=O) groups excluding carboxylic acids is 1. The van der Waals surface area contributed by atoms with Gasteiger partial charge in [-0.15, -0.1) is 11.3 Å². The van der Waals surface area contributed by atoms with E-state index in [1.165, 1.54) is 17.0 Å². The highest BCUT2D eigenvalue weighted by Gasteiger charge is 2.12. The number of thiazole rings is 1. The second-order valence-corrected chi connectivity index (χ2v) is 5.75. The van der Waals surface area contributed by atoms with Crippen LogP contribution in [0.1, 0.15) is 30.7 Å². The number of anilines is 1. The fraction of sp³-hybridized carbons (Fsp3) is 0.500. The zero-order valence-electron chi connectivity index (χ0n) is 12.2. The maximum Gasteiger partial charge on any atom is 0.228 e. The molecule has 0 N–H and O–H groups in total. The molecule has 2 rings (SSSR count). The normalized spacial score (nSPS) is 10.8. The number of aryl methyl sites for hydroxylation is 3. The summed E-state index contributed by atoms with van der Waals surface area (Å²) in [5, 5.41) is 7.05. The molecule has 2 aromatic heterocycles. The van der Waals surface area contributed by atoms with Crippen LogP contribution in [0.15, 0.2) is 17.6 Å². The highest BCUT2D eigenvalue weighted by molar-refractivity contribution is 7.13. The van der Waals surface area contributed by atoms with E-state index in [1.54, 1.807) is 18.1 Å². The molecule has 0 atom stereocenters. The number of aromatic nitrogens is 3. The lowest BCUT2D eigenvalue weighted by atomic mass is 10.2. The standard InChI is InChI=1S/C14H20N4OS/c1-11-10-12(2)18(16-11)8-5-4-6-13(19)17(3)14-15-7-9-20-14/h7,9-10H,4-6,8H2,1-3H3. The molecule has 0 saturated heterocycles. The van der Waals surface area contributed by atoms with E-state index in [9.17, 15) is 4.79 Å². The van der Waals surface area contributed by atoms with Gasteiger partial charge in [0.15, 0.2) is 5.13 Å². The van der Waals surface area contributed by atoms with Crippen molar-refractivity contribution in [1.82, 2.24) is 14.8 Å². The molecule has 5 nitrogen and oxygen atoms in total. The largest absolute Gasteiger partial charge is 0.291 e. The quantitative estimate of drug-likeness (QED) is 0.769. The highest BCUT2D eigenvalue weighted by Crippen LogP contribution is 2.17. The van der Waals surface area contributed by atoms with E-state index in [-0.39, 0.29) is 5.91 Å². The lowest BCUT2D eigenvalue weighted by molar-refractivity contribution is -0.118. The van der Waals surface area contributed by atoms with Crippen LogP contribution in [0.2, 0.25) is 0 Å². The maximum absolute atomic E-state index is 12.0. The van der Waals surface area contributed by atoms with Crippen LogP contribution in [0.3, 0.4) is 0 Å². The van der Waals surface area contributed by atoms with Gasteiger partial charge in [-0.25, -0.2) is 4.98 Å². The molecule has 2 heterocycles. The maximum atomic E-state index is 12.0. The minimum Gasteiger partial charge on any atom is -0.291 e. The van der Waals surface area contributed by atoms with Gasteiger partial charge < -0.3 is 0 Å². The molecular weight excluding hydrogens is 272 g/mol. The molecule has 0 aliphatic carbocycles. The van der Waals surface area contributed by atoms with Crippen LogP contribution in [0.5, 0.6) is 0 Å². The van der Waals surface area contributed by atoms with Gasteiger partial charge in [-0.3, -0.25) is 14.4 Å². The van der Waals surface area contributed by atoms with Crippen molar-refractivity contribution >= 4 is 22.4 Å². The fourth-order valence-electron chi connectivity index (χ4n) is 2.10. The topological polar surface area (TPSA) is 51.0 Å². The van der Waals surface area contributed by atoms with E-state index < -0.39 is 0 Å². The number of nitrogens with zero attached hydrogens (tertiary/aromatic N) is 4. The third-order valence-electron chi connectivity index (χ3n) is 3.19. The SMILES string of the molecule is Cc1cc(C)n(CCCCC(=O)N(C)c2nccs2)n1. The van der Waals surface area contributed by atoms with Crippen molar-refractivity contribution in [2.75, 3.05) is 11.9 Å². The van der Waals surface area contributed by atoms with Gasteiger partial charge in [0.25, 0.3) is 0 Å². The van der Waals surface area contributed by atoms with E-state index in [0.29, 0.717) is 6.42 Å². The summed E-state index contributed by atoms with van der Waals surface area (Å²) < 4.78 is 2.00. The molecule has 0 aliphatic rings. The minimum absolute atomic E-state index is 0.119. The van der Waals surface area contributed by atoms with Crippen LogP contribution < -0.4 is 4.90 Å². The molecule has 0 radical (unpaired) electrons. The van der Waals surface area contributed by atoms with E-state index in [2.05, 4.69) is 23.1 Å². The Labute approximate surface area is 123 Å². The Morgan fingerprint density at radius 3 is 2.80 bits per heavy atom. The number of carbonyl (C=O) groups is 1. The van der Waals surface area contributed by atoms with Crippen LogP contribution >= 0.6 is 11.3 Å². The van der Waals surface area contributed by atoms with Crippen molar-refractivity contribution in [1.29, 1.82) is 0 Å². The summed E-state index contributed by atoms with van der Waals surface area (Å²) in [6, 6.07) is 2.07. The van der Waals surface area contributed by atoms with Gasteiger partial charge in [0.05, 0.1) is 5.69 Å². The van der Waals surface area contributed by atoms with Crippen LogP contribution in [0, 0.1) is 13.8 Å². The molecule has 1 amide bonds. The predicted octanol–water partition coefficient (Wildman–Crippen LogP) is 2.79. The average molecular weight is 292 g/mol. The van der Waals surface area contributed by atoms with Crippen LogP contribution in [0.4, 0.5) is 5.13 Å². The van der Waals surface area contributed by atoms with E-state index in [4.69, 9.17) is 0 Å². The molecule has 20 heavy (non-hydrogen) atoms. The van der Waals surface area contributed by atoms with Crippen LogP contribution in [-0.2, 0) is 11.3 Å². The van der Waals surface area contributed by atoms with Crippen molar-refractivity contribution in [2.45, 2.75) is 39.7 Å². The Morgan fingerprint density at radius 2 is 2.20 bits per heavy atom. The molecule has 0 saturated carbocycles. The van der Waals surface area contributed by atoms with Crippen molar-refractivity contribution < 1.29 is 4.79 Å². The van der Waals surface area contributed by atoms with Gasteiger partial charge in [-0.2, -0.15) is 5.10 Å². The van der Waals surface area contributed by atoms with Crippen LogP contribution in [-0.4, -0.2) is 27.7 Å². The highest BCUT2D eigenvalue weighted by atomic mass is 32.1. The summed E-state index contributed by atoms with van der Waals surface area (Å²) in [6.45, 7) is 4.92. The zero-order valence-corrected chi connectivity index (χ0v) is 13.0. The molecule has 6 heteroatoms. The Hall–Kier alpha value is -1.69. The lowest BCUT2D eigenvalue weighted by Crippen LogP contribution is -2.25. The molecular formula is C14H20N4OS. The van der Waals surface area contributed by atoms with Crippen molar-refractivity contribution in [3.8, 4) is 0 Å². The van der Waals surface area contributed by atoms with E-state index in [1.807, 2.05) is 17.0 Å². The smallest absolute Gasteiger partial charge is 0.228 e. The molecule has 2 aromatic rings. The second-order valence-electron chi connectivity index (χ2n) is 4.87. The Balaban J connectivity index is 1.73. The van der Waals surface area contributed by atoms with Gasteiger partial charge in [0, 0.05) is 37.3 Å². The van der Waals surface area contributed by atoms with Crippen molar-refractivity contribution in [2.24, 2.45) is 0 Å². The molecule has 0 unspecified atom stereocenters. The van der Waals surface area contributed by atoms with Crippen molar-refractivity contribution in [3.63, 3.8) is 0 Å². The molecule has 0 fully saturated rings. The van der Waals surface area contributed by atoms with E-state index in [0.717, 1.165) is 30.2 Å². The summed E-state index contributed by atoms with van der Waals surface area (Å²) in [7, 11) is 1.78. The van der Waals surface area contributed by atoms with Gasteiger partial charge in [0.1, 0.15) is 0 Å². The minimum atomic E-state index is 0.119. The molecule has 0 aliphatic heterocycles. The summed E-state index contributed by atoms with van der Waals surface area (Å²) >= 11 is 1.48. The van der Waals surface area contributed by atoms with Gasteiger partial charge in [-0.1, -0.05) is 0 Å². The predicted molar refractivity (Wildman–Crippen MR) is 81.1 cm³/mol. The van der Waals surface area contributed by atoms with Crippen LogP contribution in [0.25, 0.3) is 0 Å².